The molecule has 0 rings (SSSR count). The van der Waals surface area contributed by atoms with Crippen LogP contribution in [0.15, 0.2) is 0 Å². The molecule has 0 bridgehead atoms. The number of hydroxylamine groups is 2. The second-order valence-electron chi connectivity index (χ2n) is 1.55. The molecule has 3 nitrogen and oxygen atoms in total. The van der Waals surface area contributed by atoms with Gasteiger partial charge in [-0.15, -0.1) is 0 Å². The topological polar surface area (TPSA) is 33.3 Å². The van der Waals surface area contributed by atoms with Crippen molar-refractivity contribution in [3.8, 4) is 0 Å². The molecule has 0 aromatic rings. The molecular weight excluding hydrogens is 104 g/mol. The predicted molar refractivity (Wildman–Crippen MR) is 33.1 cm³/mol. The molecule has 0 aromatic heterocycles. The summed E-state index contributed by atoms with van der Waals surface area (Å²) in [7, 11) is 1.72. The molecule has 0 spiro atoms. The van der Waals surface area contributed by atoms with E-state index in [1.807, 2.05) is 0 Å². The second kappa shape index (κ2) is 6.88. The van der Waals surface area contributed by atoms with Crippen LogP contribution in [0.1, 0.15) is 19.8 Å². The van der Waals surface area contributed by atoms with Gasteiger partial charge in [-0.1, -0.05) is 13.3 Å². The van der Waals surface area contributed by atoms with Gasteiger partial charge in [-0.2, -0.15) is 11.0 Å². The summed E-state index contributed by atoms with van der Waals surface area (Å²) in [5.74, 6) is 0. The lowest BCUT2D eigenvalue weighted by atomic mass is 10.3. The molecule has 0 aliphatic carbocycles. The Morgan fingerprint density at radius 1 is 1.50 bits per heavy atom. The van der Waals surface area contributed by atoms with Crippen LogP contribution in [0.4, 0.5) is 0 Å². The Bertz CT molecular complexity index is 35.4. The first-order chi connectivity index (χ1) is 3.91. The van der Waals surface area contributed by atoms with Crippen LogP contribution in [0.3, 0.4) is 0 Å². The van der Waals surface area contributed by atoms with Crippen molar-refractivity contribution in [2.24, 2.45) is 0 Å². The van der Waals surface area contributed by atoms with E-state index in [2.05, 4.69) is 22.8 Å². The molecule has 0 aromatic carbocycles. The van der Waals surface area contributed by atoms with Gasteiger partial charge in [0.2, 0.25) is 0 Å². The third-order valence-electron chi connectivity index (χ3n) is 0.807. The molecule has 0 aliphatic heterocycles. The average molecular weight is 118 g/mol. The number of hydrogen-bond acceptors (Lipinski definition) is 3. The summed E-state index contributed by atoms with van der Waals surface area (Å²) in [6, 6.07) is 0. The van der Waals surface area contributed by atoms with E-state index in [0.29, 0.717) is 0 Å². The fourth-order valence-electron chi connectivity index (χ4n) is 0.372. The maximum atomic E-state index is 4.64. The molecule has 0 saturated heterocycles. The van der Waals surface area contributed by atoms with Crippen LogP contribution in [-0.4, -0.2) is 13.6 Å². The monoisotopic (exact) mass is 118 g/mol. The molecule has 0 fully saturated rings. The van der Waals surface area contributed by atoms with Crippen molar-refractivity contribution in [2.75, 3.05) is 13.6 Å². The lowest BCUT2D eigenvalue weighted by Gasteiger charge is -1.99. The van der Waals surface area contributed by atoms with Gasteiger partial charge >= 0.3 is 0 Å². The van der Waals surface area contributed by atoms with Crippen molar-refractivity contribution in [1.82, 2.24) is 11.0 Å². The van der Waals surface area contributed by atoms with Crippen molar-refractivity contribution < 1.29 is 4.94 Å². The molecule has 0 unspecified atom stereocenters. The highest BCUT2D eigenvalue weighted by atomic mass is 16.8. The van der Waals surface area contributed by atoms with Crippen LogP contribution in [0, 0.1) is 0 Å². The molecule has 0 saturated carbocycles. The van der Waals surface area contributed by atoms with Gasteiger partial charge in [0.05, 0.1) is 0 Å². The standard InChI is InChI=1S/C5H14N2O/c1-3-4-5-7-8-6-2/h6-7H,3-5H2,1-2H3. The Hall–Kier alpha value is -0.120. The van der Waals surface area contributed by atoms with Crippen LogP contribution < -0.4 is 11.0 Å². The van der Waals surface area contributed by atoms with Crippen LogP contribution >= 0.6 is 0 Å². The molecule has 0 atom stereocenters. The van der Waals surface area contributed by atoms with Crippen LogP contribution in [0.25, 0.3) is 0 Å². The third-order valence-corrected chi connectivity index (χ3v) is 0.807. The highest BCUT2D eigenvalue weighted by molar-refractivity contribution is 4.31. The smallest absolute Gasteiger partial charge is 0.0228 e. The predicted octanol–water partition coefficient (Wildman–Crippen LogP) is 0.442. The van der Waals surface area contributed by atoms with E-state index in [1.54, 1.807) is 7.05 Å². The summed E-state index contributed by atoms with van der Waals surface area (Å²) in [6.45, 7) is 3.05. The zero-order valence-corrected chi connectivity index (χ0v) is 5.53. The van der Waals surface area contributed by atoms with Crippen LogP contribution in [-0.2, 0) is 4.94 Å². The van der Waals surface area contributed by atoms with Gasteiger partial charge in [0.15, 0.2) is 0 Å². The van der Waals surface area contributed by atoms with Crippen molar-refractivity contribution in [1.29, 1.82) is 0 Å². The van der Waals surface area contributed by atoms with E-state index in [9.17, 15) is 0 Å². The maximum Gasteiger partial charge on any atom is 0.0228 e. The Labute approximate surface area is 50.3 Å². The van der Waals surface area contributed by atoms with Crippen molar-refractivity contribution in [3.05, 3.63) is 0 Å². The SMILES string of the molecule is CCCCNONC. The quantitative estimate of drug-likeness (QED) is 0.406. The van der Waals surface area contributed by atoms with Gasteiger partial charge in [-0.05, 0) is 6.42 Å². The minimum Gasteiger partial charge on any atom is -0.214 e. The molecule has 0 radical (unpaired) electrons. The summed E-state index contributed by atoms with van der Waals surface area (Å²) in [4.78, 5) is 4.64. The van der Waals surface area contributed by atoms with Crippen molar-refractivity contribution >= 4 is 0 Å². The molecule has 50 valence electrons. The molecule has 0 amide bonds. The molecular formula is C5H14N2O. The molecule has 2 N–H and O–H groups in total. The number of rotatable bonds is 5. The van der Waals surface area contributed by atoms with E-state index in [-0.39, 0.29) is 0 Å². The van der Waals surface area contributed by atoms with E-state index in [4.69, 9.17) is 0 Å². The lowest BCUT2D eigenvalue weighted by molar-refractivity contribution is -0.0253. The number of nitrogens with one attached hydrogen (secondary N) is 2. The lowest BCUT2D eigenvalue weighted by Crippen LogP contribution is -2.23. The summed E-state index contributed by atoms with van der Waals surface area (Å²) >= 11 is 0. The Morgan fingerprint density at radius 3 is 2.75 bits per heavy atom. The van der Waals surface area contributed by atoms with Gasteiger partial charge in [0, 0.05) is 13.6 Å². The zero-order valence-electron chi connectivity index (χ0n) is 5.53. The number of hydrogen-bond donors (Lipinski definition) is 2. The Balaban J connectivity index is 2.53. The second-order valence-corrected chi connectivity index (χ2v) is 1.55. The Morgan fingerprint density at radius 2 is 2.25 bits per heavy atom. The van der Waals surface area contributed by atoms with Gasteiger partial charge < -0.3 is 0 Å². The van der Waals surface area contributed by atoms with Gasteiger partial charge in [-0.3, -0.25) is 0 Å². The highest BCUT2D eigenvalue weighted by Gasteiger charge is 1.80. The van der Waals surface area contributed by atoms with E-state index >= 15 is 0 Å². The van der Waals surface area contributed by atoms with Crippen molar-refractivity contribution in [2.45, 2.75) is 19.8 Å². The fraction of sp³-hybridized carbons (Fsp3) is 1.00. The first-order valence-corrected chi connectivity index (χ1v) is 2.97. The molecule has 0 heterocycles. The first kappa shape index (κ1) is 7.88. The largest absolute Gasteiger partial charge is 0.214 e. The van der Waals surface area contributed by atoms with Crippen LogP contribution in [0.2, 0.25) is 0 Å². The zero-order chi connectivity index (χ0) is 6.24. The third kappa shape index (κ3) is 5.88. The van der Waals surface area contributed by atoms with Crippen molar-refractivity contribution in [3.63, 3.8) is 0 Å². The van der Waals surface area contributed by atoms with E-state index in [1.165, 1.54) is 6.42 Å². The highest BCUT2D eigenvalue weighted by Crippen LogP contribution is 1.80. The van der Waals surface area contributed by atoms with Gasteiger partial charge in [0.25, 0.3) is 0 Å². The van der Waals surface area contributed by atoms with Gasteiger partial charge in [0.1, 0.15) is 0 Å². The van der Waals surface area contributed by atoms with Gasteiger partial charge in [-0.25, -0.2) is 4.94 Å². The minimum absolute atomic E-state index is 0.914. The maximum absolute atomic E-state index is 4.64. The molecule has 0 aliphatic rings. The minimum atomic E-state index is 0.914. The van der Waals surface area contributed by atoms with E-state index in [0.717, 1.165) is 13.0 Å². The molecule has 8 heavy (non-hydrogen) atoms. The molecule has 3 heteroatoms. The summed E-state index contributed by atoms with van der Waals surface area (Å²) in [5.41, 5.74) is 5.24. The first-order valence-electron chi connectivity index (χ1n) is 2.97. The Kier molecular flexibility index (Phi) is 6.78. The fourth-order valence-corrected chi connectivity index (χ4v) is 0.372. The van der Waals surface area contributed by atoms with Crippen LogP contribution in [0.5, 0.6) is 0 Å². The average Bonchev–Trinajstić information content (AvgIpc) is 1.81. The normalized spacial score (nSPS) is 9.75. The summed E-state index contributed by atoms with van der Waals surface area (Å²) < 4.78 is 0. The summed E-state index contributed by atoms with van der Waals surface area (Å²) in [6.07, 6.45) is 2.35. The number of unbranched alkanes of at least 4 members (excludes halogenated alkanes) is 1. The van der Waals surface area contributed by atoms with E-state index < -0.39 is 0 Å². The summed E-state index contributed by atoms with van der Waals surface area (Å²) in [5, 5.41) is 0.